The normalized spacial score (nSPS) is 12.0. The first-order chi connectivity index (χ1) is 23.1. The summed E-state index contributed by atoms with van der Waals surface area (Å²) in [5.74, 6) is 0. The third-order valence-corrected chi connectivity index (χ3v) is 92.7. The fourth-order valence-corrected chi connectivity index (χ4v) is 110. The van der Waals surface area contributed by atoms with Crippen LogP contribution in [0.3, 0.4) is 0 Å². The smallest absolute Gasteiger partial charge is 0.0820 e. The minimum Gasteiger partial charge on any atom is -0.301 e. The maximum Gasteiger partial charge on any atom is 0.0820 e. The first-order valence-electron chi connectivity index (χ1n) is 8.68. The molecule has 0 N–H and O–H groups in total. The standard InChI is InChI=1S/C3H8OS43/c1-2-3-4-47(6,7)46-45-44-43-42-41-40-39-38-37-36-35-34-33-32-31-30-29-28-27-26-25-24-23-22-21-20-19-18-17-16-15-14-13-12-11-10-9-8-5/h5H,2-3H2,1H3. The SMILES string of the molecule is CCCOS(=S)(=S)SSSSSSSSSSSSSSSSSSSSSSSSSSSSSSSSSSSSSSSS. The van der Waals surface area contributed by atoms with Crippen LogP contribution in [0.5, 0.6) is 0 Å². The topological polar surface area (TPSA) is 9.23 Å². The van der Waals surface area contributed by atoms with Gasteiger partial charge in [-0.05, 0) is 107 Å². The molecule has 1 nitrogen and oxygen atoms in total. The number of thiol groups is 1. The predicted molar refractivity (Wildman–Crippen MR) is 343 cm³/mol. The molecule has 0 aliphatic heterocycles. The quantitative estimate of drug-likeness (QED) is 0.0353. The van der Waals surface area contributed by atoms with Crippen LogP contribution in [0.1, 0.15) is 13.3 Å². The Bertz CT molecular complexity index is 662. The Morgan fingerprint density at radius 1 is 0.362 bits per heavy atom. The summed E-state index contributed by atoms with van der Waals surface area (Å²) in [5, 5.41) is 0. The molecule has 0 atom stereocenters. The van der Waals surface area contributed by atoms with Crippen LogP contribution in [0.2, 0.25) is 0 Å². The third kappa shape index (κ3) is 56.8. The van der Waals surface area contributed by atoms with Gasteiger partial charge in [-0.2, -0.15) is 0 Å². The van der Waals surface area contributed by atoms with Gasteiger partial charge >= 0.3 is 0 Å². The lowest BCUT2D eigenvalue weighted by Gasteiger charge is -2.07. The number of rotatable bonds is 42. The lowest BCUT2D eigenvalue weighted by molar-refractivity contribution is 0.374. The molecular weight excluding hydrogens is 1430 g/mol. The van der Waals surface area contributed by atoms with Crippen molar-refractivity contribution in [2.75, 3.05) is 6.61 Å². The van der Waals surface area contributed by atoms with Gasteiger partial charge in [-0.1, -0.05) is 18.6 Å². The lowest BCUT2D eigenvalue weighted by atomic mass is 10.5. The highest BCUT2D eigenvalue weighted by molar-refractivity contribution is 9.62. The van der Waals surface area contributed by atoms with E-state index in [4.69, 9.17) is 26.6 Å². The highest BCUT2D eigenvalue weighted by atomic mass is 34.1. The van der Waals surface area contributed by atoms with E-state index in [1.54, 1.807) is 138 Å². The van der Waals surface area contributed by atoms with E-state index in [0.717, 1.165) is 6.42 Å². The summed E-state index contributed by atoms with van der Waals surface area (Å²) in [6.07, 6.45) is 0.949. The second kappa shape index (κ2) is 55.1. The molecule has 0 aromatic rings. The van der Waals surface area contributed by atoms with Crippen molar-refractivity contribution >= 4 is 424 Å². The second-order valence-corrected chi connectivity index (χ2v) is 80.2. The van der Waals surface area contributed by atoms with Crippen molar-refractivity contribution in [3.05, 3.63) is 0 Å². The molecule has 0 radical (unpaired) electrons. The molecule has 0 unspecified atom stereocenters. The largest absolute Gasteiger partial charge is 0.301 e. The molecule has 0 aromatic heterocycles. The van der Waals surface area contributed by atoms with Crippen LogP contribution in [-0.4, -0.2) is 6.61 Å². The summed E-state index contributed by atoms with van der Waals surface area (Å²) in [4.78, 5) is 0. The summed E-state index contributed by atoms with van der Waals surface area (Å²) in [7, 11) is 69.4. The van der Waals surface area contributed by atoms with Crippen molar-refractivity contribution < 1.29 is 4.18 Å². The van der Waals surface area contributed by atoms with E-state index in [-0.39, 0.29) is 0 Å². The molecule has 0 amide bonds. The molecule has 0 aliphatic carbocycles. The van der Waals surface area contributed by atoms with Crippen LogP contribution in [0, 0.1) is 0 Å². The zero-order valence-corrected chi connectivity index (χ0v) is 55.6. The van der Waals surface area contributed by atoms with E-state index in [9.17, 15) is 0 Å². The van der Waals surface area contributed by atoms with Crippen molar-refractivity contribution in [2.45, 2.75) is 13.3 Å². The van der Waals surface area contributed by atoms with Crippen LogP contribution < -0.4 is 0 Å². The molecule has 0 rings (SSSR count). The van der Waals surface area contributed by atoms with Crippen LogP contribution in [0.25, 0.3) is 0 Å². The summed E-state index contributed by atoms with van der Waals surface area (Å²) in [5.41, 5.74) is 0. The molecule has 0 heterocycles. The zero-order chi connectivity index (χ0) is 34.2. The summed E-state index contributed by atoms with van der Waals surface area (Å²) in [6, 6.07) is 0. The molecule has 0 bridgehead atoms. The Kier molecular flexibility index (Phi) is 72.4. The predicted octanol–water partition coefficient (Wildman–Crippen LogP) is 26.5. The summed E-state index contributed by atoms with van der Waals surface area (Å²) >= 11 is 14.7. The average Bonchev–Trinajstić information content (AvgIpc) is 3.07. The van der Waals surface area contributed by atoms with Crippen LogP contribution >= 0.6 is 395 Å². The minimum atomic E-state index is -1.82. The van der Waals surface area contributed by atoms with E-state index in [1.165, 1.54) is 19.7 Å². The van der Waals surface area contributed by atoms with Crippen LogP contribution in [0.4, 0.5) is 0 Å². The molecule has 47 heavy (non-hydrogen) atoms. The maximum atomic E-state index is 5.54. The van der Waals surface area contributed by atoms with Gasteiger partial charge in [-0.15, -0.1) is 0 Å². The molecule has 0 saturated carbocycles. The first kappa shape index (κ1) is 61.7. The van der Waals surface area contributed by atoms with E-state index < -0.39 is 6.46 Å². The van der Waals surface area contributed by atoms with E-state index >= 15 is 0 Å². The summed E-state index contributed by atoms with van der Waals surface area (Å²) in [6.45, 7) is 0.895. The monoisotopic (exact) mass is 1430 g/mol. The fraction of sp³-hybridized carbons (Fsp3) is 1.00. The van der Waals surface area contributed by atoms with Gasteiger partial charge in [0.2, 0.25) is 0 Å². The third-order valence-electron chi connectivity index (χ3n) is 1.57. The molecule has 44 heteroatoms. The Balaban J connectivity index is 3.10. The molecular formula is C3H8OS43. The van der Waals surface area contributed by atoms with Gasteiger partial charge in [-0.3, -0.25) is 0 Å². The Hall–Kier alpha value is 14.7. The number of hydrogen-bond acceptors (Lipinski definition) is 43. The summed E-state index contributed by atoms with van der Waals surface area (Å²) < 4.78 is 5.54. The highest BCUT2D eigenvalue weighted by Crippen LogP contribution is 2.68. The highest BCUT2D eigenvalue weighted by Gasteiger charge is 2.06. The molecule has 284 valence electrons. The van der Waals surface area contributed by atoms with Gasteiger partial charge < -0.3 is 4.18 Å². The Morgan fingerprint density at radius 3 is 0.745 bits per heavy atom. The van der Waals surface area contributed by atoms with Gasteiger partial charge in [0.25, 0.3) is 0 Å². The van der Waals surface area contributed by atoms with Gasteiger partial charge in [0, 0.05) is 305 Å². The van der Waals surface area contributed by atoms with Crippen molar-refractivity contribution in [2.24, 2.45) is 0 Å². The molecule has 0 fully saturated rings. The van der Waals surface area contributed by atoms with E-state index in [0.29, 0.717) is 6.61 Å². The first-order valence-corrected chi connectivity index (χ1v) is 65.1. The fourth-order valence-electron chi connectivity index (χ4n) is 0.660. The van der Waals surface area contributed by atoms with Crippen molar-refractivity contribution in [1.29, 1.82) is 0 Å². The molecule has 0 aliphatic rings. The lowest BCUT2D eigenvalue weighted by Crippen LogP contribution is -1.96. The van der Waals surface area contributed by atoms with E-state index in [2.05, 4.69) is 18.6 Å². The van der Waals surface area contributed by atoms with Gasteiger partial charge in [0.15, 0.2) is 0 Å². The van der Waals surface area contributed by atoms with Crippen LogP contribution in [-0.2, 0) is 33.0 Å². The average molecular weight is 1440 g/mol. The van der Waals surface area contributed by atoms with Crippen LogP contribution in [0.15, 0.2) is 0 Å². The van der Waals surface area contributed by atoms with Gasteiger partial charge in [-0.25, -0.2) is 0 Å². The van der Waals surface area contributed by atoms with Gasteiger partial charge in [0.05, 0.1) is 13.1 Å². The van der Waals surface area contributed by atoms with E-state index in [1.807, 2.05) is 226 Å². The Labute approximate surface area is 436 Å². The van der Waals surface area contributed by atoms with Gasteiger partial charge in [0.1, 0.15) is 0 Å². The zero-order valence-electron chi connectivity index (χ0n) is 20.4. The Morgan fingerprint density at radius 2 is 0.553 bits per heavy atom. The number of hydrogen-bond donors (Lipinski definition) is 1. The second-order valence-electron chi connectivity index (χ2n) is 3.89. The minimum absolute atomic E-state index is 0.651. The molecule has 0 spiro atoms. The van der Waals surface area contributed by atoms with Crippen molar-refractivity contribution in [1.82, 2.24) is 0 Å². The van der Waals surface area contributed by atoms with Crippen molar-refractivity contribution in [3.8, 4) is 0 Å². The molecule has 0 aromatic carbocycles. The van der Waals surface area contributed by atoms with Crippen molar-refractivity contribution in [3.63, 3.8) is 0 Å². The maximum absolute atomic E-state index is 5.54. The molecule has 0 saturated heterocycles.